The summed E-state index contributed by atoms with van der Waals surface area (Å²) in [5.74, 6) is -0.278. The summed E-state index contributed by atoms with van der Waals surface area (Å²) in [5.41, 5.74) is 5.35. The molecule has 0 fully saturated rings. The van der Waals surface area contributed by atoms with Gasteiger partial charge in [0.1, 0.15) is 6.61 Å². The molecule has 0 saturated carbocycles. The molecule has 0 aromatic rings. The fraction of sp³-hybridized carbons (Fsp3) is 0.889. The summed E-state index contributed by atoms with van der Waals surface area (Å²) < 4.78 is 39.4. The molecule has 0 spiro atoms. The topological polar surface area (TPSA) is 55.6 Å². The smallest absolute Gasteiger partial charge is 0.372 e. The number of ether oxygens (including phenoxy) is 1. The van der Waals surface area contributed by atoms with Gasteiger partial charge in [-0.15, -0.1) is 0 Å². The van der Waals surface area contributed by atoms with Gasteiger partial charge in [-0.2, -0.15) is 13.2 Å². The zero-order valence-corrected chi connectivity index (χ0v) is 9.38. The van der Waals surface area contributed by atoms with Crippen molar-refractivity contribution in [2.45, 2.75) is 25.6 Å². The van der Waals surface area contributed by atoms with Crippen molar-refractivity contribution in [1.82, 2.24) is 4.90 Å². The lowest BCUT2D eigenvalue weighted by atomic mass is 10.3. The van der Waals surface area contributed by atoms with Crippen LogP contribution in [0.1, 0.15) is 13.3 Å². The van der Waals surface area contributed by atoms with Gasteiger partial charge in [0.25, 0.3) is 0 Å². The van der Waals surface area contributed by atoms with Crippen molar-refractivity contribution in [2.24, 2.45) is 5.73 Å². The molecule has 1 atom stereocenters. The Labute approximate surface area is 92.5 Å². The molecule has 4 nitrogen and oxygen atoms in total. The lowest BCUT2D eigenvalue weighted by Gasteiger charge is -2.23. The lowest BCUT2D eigenvalue weighted by Crippen LogP contribution is -2.40. The maximum atomic E-state index is 11.7. The van der Waals surface area contributed by atoms with Gasteiger partial charge in [-0.1, -0.05) is 0 Å². The monoisotopic (exact) mass is 242 g/mol. The van der Waals surface area contributed by atoms with Crippen LogP contribution < -0.4 is 5.73 Å². The Morgan fingerprint density at radius 3 is 2.50 bits per heavy atom. The molecule has 0 aliphatic carbocycles. The minimum atomic E-state index is -4.35. The quantitative estimate of drug-likeness (QED) is 0.700. The van der Waals surface area contributed by atoms with Crippen LogP contribution in [0.3, 0.4) is 0 Å². The van der Waals surface area contributed by atoms with Gasteiger partial charge in [0, 0.05) is 19.6 Å². The Hall–Kier alpha value is -0.820. The van der Waals surface area contributed by atoms with E-state index in [9.17, 15) is 18.0 Å². The van der Waals surface area contributed by atoms with Crippen molar-refractivity contribution in [3.8, 4) is 0 Å². The normalized spacial score (nSPS) is 13.6. The van der Waals surface area contributed by atoms with Crippen LogP contribution in [0.15, 0.2) is 0 Å². The van der Waals surface area contributed by atoms with Crippen molar-refractivity contribution in [3.63, 3.8) is 0 Å². The number of nitrogens with zero attached hydrogens (tertiary/aromatic N) is 1. The van der Waals surface area contributed by atoms with E-state index in [1.165, 1.54) is 4.90 Å². The molecule has 1 unspecified atom stereocenters. The minimum absolute atomic E-state index is 0.0725. The standard InChI is InChI=1S/C9H17F3N2O2/c1-7(5-13)14(2)8(15)3-4-16-6-9(10,11)12/h7H,3-6,13H2,1-2H3. The van der Waals surface area contributed by atoms with Crippen molar-refractivity contribution >= 4 is 5.91 Å². The summed E-state index contributed by atoms with van der Waals surface area (Å²) in [6.45, 7) is 0.510. The highest BCUT2D eigenvalue weighted by atomic mass is 19.4. The molecule has 0 heterocycles. The van der Waals surface area contributed by atoms with E-state index in [0.717, 1.165) is 0 Å². The molecule has 1 amide bonds. The third-order valence-corrected chi connectivity index (χ3v) is 2.12. The predicted octanol–water partition coefficient (Wildman–Crippen LogP) is 0.761. The van der Waals surface area contributed by atoms with Crippen molar-refractivity contribution in [1.29, 1.82) is 0 Å². The van der Waals surface area contributed by atoms with E-state index in [-0.39, 0.29) is 25.0 Å². The number of carbonyl (C=O) groups is 1. The molecule has 0 saturated heterocycles. The lowest BCUT2D eigenvalue weighted by molar-refractivity contribution is -0.175. The number of nitrogens with two attached hydrogens (primary N) is 1. The Bertz CT molecular complexity index is 221. The molecule has 96 valence electrons. The fourth-order valence-corrected chi connectivity index (χ4v) is 0.928. The van der Waals surface area contributed by atoms with Crippen LogP contribution in [0.25, 0.3) is 0 Å². The van der Waals surface area contributed by atoms with Gasteiger partial charge in [0.05, 0.1) is 13.0 Å². The number of carbonyl (C=O) groups excluding carboxylic acids is 1. The first kappa shape index (κ1) is 15.2. The predicted molar refractivity (Wildman–Crippen MR) is 52.8 cm³/mol. The summed E-state index contributed by atoms with van der Waals surface area (Å²) in [6.07, 6.45) is -4.42. The second-order valence-electron chi connectivity index (χ2n) is 3.51. The van der Waals surface area contributed by atoms with Crippen LogP contribution in [0, 0.1) is 0 Å². The number of likely N-dealkylation sites (N-methyl/N-ethyl adjacent to an activating group) is 1. The van der Waals surface area contributed by atoms with E-state index < -0.39 is 12.8 Å². The van der Waals surface area contributed by atoms with E-state index in [1.807, 2.05) is 0 Å². The van der Waals surface area contributed by atoms with E-state index >= 15 is 0 Å². The van der Waals surface area contributed by atoms with Crippen LogP contribution in [0.2, 0.25) is 0 Å². The summed E-state index contributed by atoms with van der Waals surface area (Å²) >= 11 is 0. The van der Waals surface area contributed by atoms with E-state index in [2.05, 4.69) is 4.74 Å². The number of rotatable bonds is 6. The van der Waals surface area contributed by atoms with Gasteiger partial charge in [-0.05, 0) is 6.92 Å². The zero-order chi connectivity index (χ0) is 12.8. The third-order valence-electron chi connectivity index (χ3n) is 2.12. The van der Waals surface area contributed by atoms with E-state index in [1.54, 1.807) is 14.0 Å². The molecule has 0 radical (unpaired) electrons. The molecule has 0 aromatic heterocycles. The van der Waals surface area contributed by atoms with Crippen molar-refractivity contribution < 1.29 is 22.7 Å². The van der Waals surface area contributed by atoms with Gasteiger partial charge in [-0.25, -0.2) is 0 Å². The fourth-order valence-electron chi connectivity index (χ4n) is 0.928. The summed E-state index contributed by atoms with van der Waals surface area (Å²) in [5, 5.41) is 0. The van der Waals surface area contributed by atoms with Crippen LogP contribution in [-0.4, -0.2) is 49.8 Å². The van der Waals surface area contributed by atoms with Crippen LogP contribution in [0.4, 0.5) is 13.2 Å². The SMILES string of the molecule is CC(CN)N(C)C(=O)CCOCC(F)(F)F. The Kier molecular flexibility index (Phi) is 6.35. The highest BCUT2D eigenvalue weighted by Gasteiger charge is 2.27. The molecule has 0 aliphatic rings. The second kappa shape index (κ2) is 6.70. The summed E-state index contributed by atoms with van der Waals surface area (Å²) in [6, 6.07) is -0.130. The molecule has 0 bridgehead atoms. The Morgan fingerprint density at radius 1 is 1.50 bits per heavy atom. The molecule has 2 N–H and O–H groups in total. The van der Waals surface area contributed by atoms with Gasteiger partial charge in [-0.3, -0.25) is 4.79 Å². The highest BCUT2D eigenvalue weighted by Crippen LogP contribution is 2.14. The van der Waals surface area contributed by atoms with Gasteiger partial charge >= 0.3 is 6.18 Å². The first-order chi connectivity index (χ1) is 7.28. The molecule has 16 heavy (non-hydrogen) atoms. The van der Waals surface area contributed by atoms with E-state index in [4.69, 9.17) is 5.73 Å². The number of amides is 1. The third kappa shape index (κ3) is 6.62. The Balaban J connectivity index is 3.74. The maximum Gasteiger partial charge on any atom is 0.411 e. The van der Waals surface area contributed by atoms with Crippen molar-refractivity contribution in [2.75, 3.05) is 26.8 Å². The summed E-state index contributed by atoms with van der Waals surface area (Å²) in [4.78, 5) is 12.8. The van der Waals surface area contributed by atoms with Gasteiger partial charge in [0.15, 0.2) is 0 Å². The molecule has 0 aromatic carbocycles. The second-order valence-corrected chi connectivity index (χ2v) is 3.51. The first-order valence-electron chi connectivity index (χ1n) is 4.88. The average Bonchev–Trinajstić information content (AvgIpc) is 2.20. The van der Waals surface area contributed by atoms with Gasteiger partial charge in [0.2, 0.25) is 5.91 Å². The number of hydrogen-bond donors (Lipinski definition) is 1. The maximum absolute atomic E-state index is 11.7. The average molecular weight is 242 g/mol. The molecule has 0 aliphatic heterocycles. The molecule has 0 rings (SSSR count). The summed E-state index contributed by atoms with van der Waals surface area (Å²) in [7, 11) is 1.56. The number of hydrogen-bond acceptors (Lipinski definition) is 3. The number of alkyl halides is 3. The molecule has 7 heteroatoms. The molecular formula is C9H17F3N2O2. The highest BCUT2D eigenvalue weighted by molar-refractivity contribution is 5.76. The Morgan fingerprint density at radius 2 is 2.06 bits per heavy atom. The van der Waals surface area contributed by atoms with Crippen LogP contribution in [0.5, 0.6) is 0 Å². The van der Waals surface area contributed by atoms with Crippen LogP contribution in [-0.2, 0) is 9.53 Å². The zero-order valence-electron chi connectivity index (χ0n) is 9.38. The largest absolute Gasteiger partial charge is 0.411 e. The molecular weight excluding hydrogens is 225 g/mol. The first-order valence-corrected chi connectivity index (χ1v) is 4.88. The van der Waals surface area contributed by atoms with Crippen LogP contribution >= 0.6 is 0 Å². The number of halogens is 3. The minimum Gasteiger partial charge on any atom is -0.372 e. The van der Waals surface area contributed by atoms with Gasteiger partial charge < -0.3 is 15.4 Å². The van der Waals surface area contributed by atoms with E-state index in [0.29, 0.717) is 6.54 Å². The van der Waals surface area contributed by atoms with Crippen molar-refractivity contribution in [3.05, 3.63) is 0 Å².